The molecule has 2 fully saturated rings. The Labute approximate surface area is 242 Å². The van der Waals surface area contributed by atoms with E-state index in [1.807, 2.05) is 20.8 Å². The minimum Gasteiger partial charge on any atom is -0.455 e. The van der Waals surface area contributed by atoms with E-state index in [1.54, 1.807) is 6.92 Å². The molecule has 0 aliphatic carbocycles. The fourth-order valence-corrected chi connectivity index (χ4v) is 4.82. The molecule has 39 heavy (non-hydrogen) atoms. The van der Waals surface area contributed by atoms with E-state index in [-0.39, 0.29) is 36.6 Å². The molecule has 2 unspecified atom stereocenters. The molecule has 0 amide bonds. The molecule has 2 saturated heterocycles. The van der Waals surface area contributed by atoms with Gasteiger partial charge in [-0.05, 0) is 37.6 Å². The van der Waals surface area contributed by atoms with Crippen molar-refractivity contribution in [2.75, 3.05) is 0 Å². The predicted molar refractivity (Wildman–Crippen MR) is 142 cm³/mol. The van der Waals surface area contributed by atoms with Crippen molar-refractivity contribution in [2.24, 2.45) is 22.9 Å². The number of nitrogens with one attached hydrogen (secondary N) is 1. The van der Waals surface area contributed by atoms with Crippen LogP contribution >= 0.6 is 34.8 Å². The molecule has 0 bridgehead atoms. The van der Waals surface area contributed by atoms with Gasteiger partial charge in [-0.15, -0.1) is 0 Å². The van der Waals surface area contributed by atoms with Crippen LogP contribution < -0.4 is 0 Å². The van der Waals surface area contributed by atoms with Crippen LogP contribution in [-0.4, -0.2) is 70.3 Å². The molecule has 2 heterocycles. The number of Topliss-reactive ketones (excluding diaryl/α,β-unsaturated/α-hetero) is 2. The number of azide groups is 1. The van der Waals surface area contributed by atoms with Crippen molar-refractivity contribution in [3.63, 3.8) is 0 Å². The number of esters is 1. The van der Waals surface area contributed by atoms with Crippen molar-refractivity contribution in [1.82, 2.24) is 0 Å². The summed E-state index contributed by atoms with van der Waals surface area (Å²) in [5, 5.41) is 11.9. The minimum absolute atomic E-state index is 0.0511. The average Bonchev–Trinajstić information content (AvgIpc) is 2.84. The summed E-state index contributed by atoms with van der Waals surface area (Å²) in [6, 6.07) is -0.712. The summed E-state index contributed by atoms with van der Waals surface area (Å²) < 4.78 is 27.1. The van der Waals surface area contributed by atoms with Crippen molar-refractivity contribution < 1.29 is 38.1 Å². The van der Waals surface area contributed by atoms with Crippen LogP contribution in [-0.2, 0) is 38.1 Å². The second-order valence-electron chi connectivity index (χ2n) is 9.96. The highest BCUT2D eigenvalue weighted by Gasteiger charge is 2.53. The predicted octanol–water partition coefficient (Wildman–Crippen LogP) is 5.05. The van der Waals surface area contributed by atoms with Gasteiger partial charge in [-0.2, -0.15) is 0 Å². The van der Waals surface area contributed by atoms with E-state index in [4.69, 9.17) is 63.9 Å². The number of carbonyl (C=O) groups excluding carboxylic acids is 3. The highest BCUT2D eigenvalue weighted by molar-refractivity contribution is 6.76. The maximum Gasteiger partial charge on any atom is 0.306 e. The van der Waals surface area contributed by atoms with Crippen molar-refractivity contribution in [1.29, 1.82) is 5.41 Å². The van der Waals surface area contributed by atoms with Crippen molar-refractivity contribution in [2.45, 2.75) is 108 Å². The molecule has 0 saturated carbocycles. The highest BCUT2D eigenvalue weighted by atomic mass is 35.6. The molecule has 2 aliphatic rings. The lowest BCUT2D eigenvalue weighted by Crippen LogP contribution is -2.61. The molecule has 0 aromatic carbocycles. The lowest BCUT2D eigenvalue weighted by atomic mass is 9.81. The van der Waals surface area contributed by atoms with Gasteiger partial charge in [0.15, 0.2) is 18.2 Å². The first-order chi connectivity index (χ1) is 18.1. The Morgan fingerprint density at radius 2 is 1.62 bits per heavy atom. The van der Waals surface area contributed by atoms with Gasteiger partial charge in [0, 0.05) is 17.3 Å². The first-order valence-corrected chi connectivity index (χ1v) is 13.8. The van der Waals surface area contributed by atoms with E-state index >= 15 is 0 Å². The van der Waals surface area contributed by atoms with Crippen LogP contribution in [0.25, 0.3) is 10.4 Å². The van der Waals surface area contributed by atoms with Crippen molar-refractivity contribution in [3.05, 3.63) is 10.4 Å². The van der Waals surface area contributed by atoms with Gasteiger partial charge in [0.1, 0.15) is 18.0 Å². The van der Waals surface area contributed by atoms with E-state index in [9.17, 15) is 19.9 Å². The van der Waals surface area contributed by atoms with Gasteiger partial charge in [0.25, 0.3) is 3.79 Å². The molecule has 0 radical (unpaired) electrons. The topological polar surface area (TPSA) is 170 Å². The Bertz CT molecular complexity index is 974. The largest absolute Gasteiger partial charge is 0.455 e. The first-order valence-electron chi connectivity index (χ1n) is 12.6. The van der Waals surface area contributed by atoms with Crippen LogP contribution in [0.3, 0.4) is 0 Å². The Balaban J connectivity index is 2.43. The number of carbonyl (C=O) groups is 3. The smallest absolute Gasteiger partial charge is 0.306 e. The van der Waals surface area contributed by atoms with Crippen LogP contribution in [0.15, 0.2) is 5.11 Å². The van der Waals surface area contributed by atoms with E-state index < -0.39 is 64.3 Å². The van der Waals surface area contributed by atoms with Gasteiger partial charge in [-0.3, -0.25) is 15.0 Å². The Kier molecular flexibility index (Phi) is 12.3. The summed E-state index contributed by atoms with van der Waals surface area (Å²) in [5.41, 5.74) is 9.19. The lowest BCUT2D eigenvalue weighted by Gasteiger charge is -2.48. The quantitative estimate of drug-likeness (QED) is 0.0678. The number of hydrogen-bond acceptors (Lipinski definition) is 10. The van der Waals surface area contributed by atoms with Gasteiger partial charge in [-0.25, -0.2) is 0 Å². The second kappa shape index (κ2) is 14.3. The zero-order valence-electron chi connectivity index (χ0n) is 22.6. The maximum absolute atomic E-state index is 12.7. The van der Waals surface area contributed by atoms with Crippen molar-refractivity contribution in [3.8, 4) is 0 Å². The van der Waals surface area contributed by atoms with Gasteiger partial charge in [0.05, 0.1) is 18.6 Å². The molecule has 2 aliphatic heterocycles. The fraction of sp³-hybridized carbons (Fsp3) is 0.833. The van der Waals surface area contributed by atoms with Crippen LogP contribution in [0, 0.1) is 23.2 Å². The molecule has 1 N–H and O–H groups in total. The van der Waals surface area contributed by atoms with Crippen molar-refractivity contribution >= 4 is 58.2 Å². The minimum atomic E-state index is -2.25. The third-order valence-electron chi connectivity index (χ3n) is 7.15. The summed E-state index contributed by atoms with van der Waals surface area (Å²) in [6.45, 7) is 10.1. The molecular weight excluding hydrogens is 579 g/mol. The average molecular weight is 614 g/mol. The molecule has 10 atom stereocenters. The monoisotopic (exact) mass is 612 g/mol. The van der Waals surface area contributed by atoms with Crippen LogP contribution in [0.1, 0.15) is 60.8 Å². The van der Waals surface area contributed by atoms with Gasteiger partial charge < -0.3 is 28.5 Å². The van der Waals surface area contributed by atoms with E-state index in [2.05, 4.69) is 10.0 Å². The number of rotatable bonds is 10. The Hall–Kier alpha value is -1.66. The molecular formula is C24H35Cl3N4O8. The highest BCUT2D eigenvalue weighted by Crippen LogP contribution is 2.39. The Morgan fingerprint density at radius 1 is 0.974 bits per heavy atom. The molecule has 15 heteroatoms. The molecule has 12 nitrogen and oxygen atoms in total. The second-order valence-corrected chi connectivity index (χ2v) is 12.2. The van der Waals surface area contributed by atoms with Gasteiger partial charge in [-0.1, -0.05) is 67.6 Å². The summed E-state index contributed by atoms with van der Waals surface area (Å²) in [6.07, 6.45) is -5.88. The van der Waals surface area contributed by atoms with Gasteiger partial charge in [0.2, 0.25) is 12.2 Å². The van der Waals surface area contributed by atoms with E-state index in [0.717, 1.165) is 0 Å². The van der Waals surface area contributed by atoms with Crippen LogP contribution in [0.5, 0.6) is 0 Å². The maximum atomic E-state index is 12.7. The number of hydrogen-bond donors (Lipinski definition) is 1. The normalized spacial score (nSPS) is 34.9. The van der Waals surface area contributed by atoms with Gasteiger partial charge >= 0.3 is 5.97 Å². The summed E-state index contributed by atoms with van der Waals surface area (Å²) >= 11 is 17.3. The standard InChI is InChI=1S/C24H35Cl3N4O8/c1-7-15-11(3)12(4)17(30-31-29)21(35-15)37-18-13(5)19(36-16(34)9-8-10(2)32)22(38-20(18)14(6)33)39-23(28)24(25,26)27/h11-13,15,17-22,28H,7-9H2,1-6H3/t11-,12?,13?,15-,17-,18-,19-,20-,21+,22-/m0/s1. The third kappa shape index (κ3) is 8.66. The SMILES string of the molecule is CC[C@@H]1O[C@H](O[C@H]2C(C)[C@H](OC(=O)CCC(C)=O)[C@H](OC(=N)C(Cl)(Cl)Cl)O[C@H]2C(C)=O)[C@@H](N=[N+]=[N-])C(C)[C@@H]1C. The zero-order valence-corrected chi connectivity index (χ0v) is 24.9. The lowest BCUT2D eigenvalue weighted by molar-refractivity contribution is -0.311. The summed E-state index contributed by atoms with van der Waals surface area (Å²) in [4.78, 5) is 39.6. The van der Waals surface area contributed by atoms with Crippen LogP contribution in [0.4, 0.5) is 0 Å². The number of halogens is 3. The third-order valence-corrected chi connectivity index (χ3v) is 7.66. The van der Waals surface area contributed by atoms with Crippen LogP contribution in [0.2, 0.25) is 0 Å². The molecule has 220 valence electrons. The summed E-state index contributed by atoms with van der Waals surface area (Å²) in [5.74, 6) is -3.05. The molecule has 0 aromatic rings. The Morgan fingerprint density at radius 3 is 2.13 bits per heavy atom. The number of nitrogens with zero attached hydrogens (tertiary/aromatic N) is 3. The first kappa shape index (κ1) is 33.5. The summed E-state index contributed by atoms with van der Waals surface area (Å²) in [7, 11) is 0. The zero-order chi connectivity index (χ0) is 29.7. The fourth-order valence-electron chi connectivity index (χ4n) is 4.69. The number of alkyl halides is 3. The molecule has 0 spiro atoms. The number of ketones is 2. The van der Waals surface area contributed by atoms with E-state index in [0.29, 0.717) is 6.42 Å². The molecule has 0 aromatic heterocycles. The molecule has 2 rings (SSSR count). The van der Waals surface area contributed by atoms with E-state index in [1.165, 1.54) is 13.8 Å². The number of ether oxygens (including phenoxy) is 5.